The molecule has 0 spiro atoms. The fraction of sp³-hybridized carbons (Fsp3) is 0.417. The Morgan fingerprint density at radius 3 is 2.39 bits per heavy atom. The van der Waals surface area contributed by atoms with Crippen LogP contribution in [0.2, 0.25) is 0 Å². The van der Waals surface area contributed by atoms with Gasteiger partial charge in [0.15, 0.2) is 5.78 Å². The predicted molar refractivity (Wildman–Crippen MR) is 71.6 cm³/mol. The summed E-state index contributed by atoms with van der Waals surface area (Å²) in [5.41, 5.74) is 3.25. The standard InChI is InChI=1S/C12H15BrN4O/c1-7-5-9(16(3)14-7)11(18)6-10-12(13)8(2)15-17(10)4/h5H,6H2,1-4H3. The van der Waals surface area contributed by atoms with E-state index in [2.05, 4.69) is 26.1 Å². The Labute approximate surface area is 114 Å². The van der Waals surface area contributed by atoms with Gasteiger partial charge in [0, 0.05) is 14.1 Å². The highest BCUT2D eigenvalue weighted by atomic mass is 79.9. The highest BCUT2D eigenvalue weighted by Gasteiger charge is 2.18. The van der Waals surface area contributed by atoms with Gasteiger partial charge in [0.25, 0.3) is 0 Å². The monoisotopic (exact) mass is 310 g/mol. The number of Topliss-reactive ketones (excluding diaryl/α,β-unsaturated/α-hetero) is 1. The number of carbonyl (C=O) groups is 1. The molecule has 2 aromatic rings. The molecule has 5 nitrogen and oxygen atoms in total. The number of nitrogens with zero attached hydrogens (tertiary/aromatic N) is 4. The lowest BCUT2D eigenvalue weighted by Gasteiger charge is -2.03. The maximum absolute atomic E-state index is 12.2. The molecule has 0 saturated carbocycles. The van der Waals surface area contributed by atoms with E-state index in [1.165, 1.54) is 0 Å². The zero-order chi connectivity index (χ0) is 13.4. The average Bonchev–Trinajstić information content (AvgIpc) is 2.73. The molecule has 0 aliphatic carbocycles. The smallest absolute Gasteiger partial charge is 0.186 e. The first-order valence-corrected chi connectivity index (χ1v) is 6.41. The van der Waals surface area contributed by atoms with E-state index in [0.29, 0.717) is 12.1 Å². The molecule has 0 unspecified atom stereocenters. The van der Waals surface area contributed by atoms with Crippen molar-refractivity contribution in [2.45, 2.75) is 20.3 Å². The second kappa shape index (κ2) is 4.68. The summed E-state index contributed by atoms with van der Waals surface area (Å²) in [4.78, 5) is 12.2. The molecular formula is C12H15BrN4O. The van der Waals surface area contributed by atoms with E-state index < -0.39 is 0 Å². The molecule has 0 N–H and O–H groups in total. The zero-order valence-electron chi connectivity index (χ0n) is 10.9. The average molecular weight is 311 g/mol. The van der Waals surface area contributed by atoms with Crippen LogP contribution in [0.5, 0.6) is 0 Å². The molecule has 0 aliphatic heterocycles. The minimum Gasteiger partial charge on any atom is -0.292 e. The highest BCUT2D eigenvalue weighted by Crippen LogP contribution is 2.21. The highest BCUT2D eigenvalue weighted by molar-refractivity contribution is 9.10. The number of aryl methyl sites for hydroxylation is 4. The number of halogens is 1. The fourth-order valence-corrected chi connectivity index (χ4v) is 2.46. The Bertz CT molecular complexity index is 612. The van der Waals surface area contributed by atoms with Crippen molar-refractivity contribution in [2.75, 3.05) is 0 Å². The number of hydrogen-bond acceptors (Lipinski definition) is 3. The van der Waals surface area contributed by atoms with Crippen LogP contribution in [0, 0.1) is 13.8 Å². The third kappa shape index (κ3) is 2.25. The van der Waals surface area contributed by atoms with Crippen LogP contribution in [0.15, 0.2) is 10.5 Å². The van der Waals surface area contributed by atoms with Gasteiger partial charge in [-0.1, -0.05) is 0 Å². The van der Waals surface area contributed by atoms with E-state index in [-0.39, 0.29) is 5.78 Å². The molecule has 2 heterocycles. The van der Waals surface area contributed by atoms with Gasteiger partial charge in [-0.05, 0) is 35.8 Å². The lowest BCUT2D eigenvalue weighted by Crippen LogP contribution is -2.12. The summed E-state index contributed by atoms with van der Waals surface area (Å²) >= 11 is 3.47. The second-order valence-corrected chi connectivity index (χ2v) is 5.16. The number of ketones is 1. The number of hydrogen-bond donors (Lipinski definition) is 0. The van der Waals surface area contributed by atoms with E-state index in [4.69, 9.17) is 0 Å². The molecule has 0 radical (unpaired) electrons. The quantitative estimate of drug-likeness (QED) is 0.814. The summed E-state index contributed by atoms with van der Waals surface area (Å²) in [5, 5.41) is 8.47. The zero-order valence-corrected chi connectivity index (χ0v) is 12.4. The normalized spacial score (nSPS) is 10.9. The molecule has 0 fully saturated rings. The summed E-state index contributed by atoms with van der Waals surface area (Å²) in [5.74, 6) is 0.0433. The Morgan fingerprint density at radius 2 is 1.94 bits per heavy atom. The van der Waals surface area contributed by atoms with E-state index in [1.54, 1.807) is 22.5 Å². The van der Waals surface area contributed by atoms with Gasteiger partial charge in [-0.15, -0.1) is 0 Å². The largest absolute Gasteiger partial charge is 0.292 e. The Kier molecular flexibility index (Phi) is 3.38. The van der Waals surface area contributed by atoms with Crippen LogP contribution in [0.3, 0.4) is 0 Å². The summed E-state index contributed by atoms with van der Waals surface area (Å²) in [6, 6.07) is 1.81. The summed E-state index contributed by atoms with van der Waals surface area (Å²) in [7, 11) is 3.62. The van der Waals surface area contributed by atoms with Crippen molar-refractivity contribution in [3.05, 3.63) is 33.3 Å². The van der Waals surface area contributed by atoms with Crippen molar-refractivity contribution < 1.29 is 4.79 Å². The molecule has 0 aliphatic rings. The summed E-state index contributed by atoms with van der Waals surface area (Å²) in [6.45, 7) is 3.78. The molecule has 2 aromatic heterocycles. The molecule has 0 aromatic carbocycles. The Hall–Kier alpha value is -1.43. The molecule has 0 bridgehead atoms. The fourth-order valence-electron chi connectivity index (χ4n) is 1.99. The van der Waals surface area contributed by atoms with E-state index in [0.717, 1.165) is 21.6 Å². The number of aromatic nitrogens is 4. The van der Waals surface area contributed by atoms with Gasteiger partial charge in [-0.2, -0.15) is 10.2 Å². The molecule has 96 valence electrons. The molecule has 0 amide bonds. The van der Waals surface area contributed by atoms with Gasteiger partial charge in [0.1, 0.15) is 5.69 Å². The van der Waals surface area contributed by atoms with Gasteiger partial charge >= 0.3 is 0 Å². The molecule has 0 saturated heterocycles. The van der Waals surface area contributed by atoms with Crippen molar-refractivity contribution >= 4 is 21.7 Å². The maximum Gasteiger partial charge on any atom is 0.186 e. The molecule has 6 heteroatoms. The first-order chi connectivity index (χ1) is 8.40. The van der Waals surface area contributed by atoms with E-state index in [9.17, 15) is 4.79 Å². The third-order valence-electron chi connectivity index (χ3n) is 2.88. The van der Waals surface area contributed by atoms with Crippen LogP contribution >= 0.6 is 15.9 Å². The lowest BCUT2D eigenvalue weighted by molar-refractivity contribution is 0.0981. The van der Waals surface area contributed by atoms with Crippen molar-refractivity contribution in [3.63, 3.8) is 0 Å². The van der Waals surface area contributed by atoms with Crippen LogP contribution in [0.4, 0.5) is 0 Å². The molecule has 2 rings (SSSR count). The van der Waals surface area contributed by atoms with Crippen molar-refractivity contribution in [2.24, 2.45) is 14.1 Å². The van der Waals surface area contributed by atoms with Gasteiger partial charge in [-0.25, -0.2) is 0 Å². The second-order valence-electron chi connectivity index (χ2n) is 4.36. The SMILES string of the molecule is Cc1cc(C(=O)Cc2c(Br)c(C)nn2C)n(C)n1. The summed E-state index contributed by atoms with van der Waals surface area (Å²) < 4.78 is 4.26. The Morgan fingerprint density at radius 1 is 1.28 bits per heavy atom. The van der Waals surface area contributed by atoms with Crippen LogP contribution in [0.25, 0.3) is 0 Å². The number of rotatable bonds is 3. The van der Waals surface area contributed by atoms with Gasteiger partial charge in [0.05, 0.1) is 28.0 Å². The topological polar surface area (TPSA) is 52.7 Å². The Balaban J connectivity index is 2.29. The van der Waals surface area contributed by atoms with Crippen molar-refractivity contribution in [1.29, 1.82) is 0 Å². The van der Waals surface area contributed by atoms with Crippen LogP contribution in [-0.4, -0.2) is 25.3 Å². The first-order valence-electron chi connectivity index (χ1n) is 5.62. The summed E-state index contributed by atoms with van der Waals surface area (Å²) in [6.07, 6.45) is 0.316. The van der Waals surface area contributed by atoms with Gasteiger partial charge in [0.2, 0.25) is 0 Å². The van der Waals surface area contributed by atoms with Gasteiger partial charge < -0.3 is 0 Å². The van der Waals surface area contributed by atoms with Crippen LogP contribution < -0.4 is 0 Å². The van der Waals surface area contributed by atoms with E-state index in [1.807, 2.05) is 20.9 Å². The minimum atomic E-state index is 0.0433. The minimum absolute atomic E-state index is 0.0433. The van der Waals surface area contributed by atoms with Crippen LogP contribution in [-0.2, 0) is 20.5 Å². The van der Waals surface area contributed by atoms with Crippen LogP contribution in [0.1, 0.15) is 27.6 Å². The lowest BCUT2D eigenvalue weighted by atomic mass is 10.1. The van der Waals surface area contributed by atoms with E-state index >= 15 is 0 Å². The molecule has 18 heavy (non-hydrogen) atoms. The molecule has 0 atom stereocenters. The maximum atomic E-state index is 12.2. The molecular weight excluding hydrogens is 296 g/mol. The van der Waals surface area contributed by atoms with Crippen molar-refractivity contribution in [1.82, 2.24) is 19.6 Å². The number of carbonyl (C=O) groups excluding carboxylic acids is 1. The first kappa shape index (κ1) is 13.0. The third-order valence-corrected chi connectivity index (χ3v) is 3.91. The predicted octanol–water partition coefficient (Wildman–Crippen LogP) is 1.96. The van der Waals surface area contributed by atoms with Gasteiger partial charge in [-0.3, -0.25) is 14.2 Å². The van der Waals surface area contributed by atoms with Crippen molar-refractivity contribution in [3.8, 4) is 0 Å².